The summed E-state index contributed by atoms with van der Waals surface area (Å²) >= 11 is 0. The highest BCUT2D eigenvalue weighted by Crippen LogP contribution is 2.16. The van der Waals surface area contributed by atoms with E-state index in [-0.39, 0.29) is 24.5 Å². The number of carbonyl (C=O) groups excluding carboxylic acids is 3. The van der Waals surface area contributed by atoms with Gasteiger partial charge in [-0.25, -0.2) is 5.01 Å². The van der Waals surface area contributed by atoms with E-state index in [1.165, 1.54) is 11.9 Å². The van der Waals surface area contributed by atoms with Crippen LogP contribution in [0.25, 0.3) is 0 Å². The van der Waals surface area contributed by atoms with E-state index in [4.69, 9.17) is 9.47 Å². The molecule has 0 radical (unpaired) electrons. The Bertz CT molecular complexity index is 938. The van der Waals surface area contributed by atoms with Crippen LogP contribution in [0.3, 0.4) is 0 Å². The van der Waals surface area contributed by atoms with Crippen LogP contribution in [0.1, 0.15) is 42.1 Å². The molecule has 30 heavy (non-hydrogen) atoms. The van der Waals surface area contributed by atoms with Crippen molar-refractivity contribution < 1.29 is 23.9 Å². The predicted molar refractivity (Wildman–Crippen MR) is 111 cm³/mol. The number of hydrogen-bond acceptors (Lipinski definition) is 6. The Morgan fingerprint density at radius 1 is 1.03 bits per heavy atom. The van der Waals surface area contributed by atoms with Crippen molar-refractivity contribution in [1.82, 2.24) is 5.01 Å². The van der Waals surface area contributed by atoms with Crippen molar-refractivity contribution in [2.75, 3.05) is 13.7 Å². The first-order valence-corrected chi connectivity index (χ1v) is 9.79. The molecule has 0 aliphatic carbocycles. The van der Waals surface area contributed by atoms with E-state index in [0.29, 0.717) is 24.3 Å². The summed E-state index contributed by atoms with van der Waals surface area (Å²) in [5.41, 5.74) is 2.26. The zero-order valence-corrected chi connectivity index (χ0v) is 17.0. The number of nitrogens with zero attached hydrogens (tertiary/aromatic N) is 2. The minimum absolute atomic E-state index is 0.0200. The maximum absolute atomic E-state index is 12.4. The fraction of sp³-hybridized carbons (Fsp3) is 0.304. The Kier molecular flexibility index (Phi) is 6.95. The Balaban J connectivity index is 1.47. The van der Waals surface area contributed by atoms with Crippen LogP contribution in [0, 0.1) is 0 Å². The lowest BCUT2D eigenvalue weighted by atomic mass is 10.1. The molecule has 0 N–H and O–H groups in total. The lowest BCUT2D eigenvalue weighted by molar-refractivity contribution is -0.148. The monoisotopic (exact) mass is 408 g/mol. The first-order valence-electron chi connectivity index (χ1n) is 9.79. The standard InChI is InChI=1S/C23H24N2O5/c1-16(23(28)18-8-10-19(29-2)11-9-18)30-22(27)13-12-21(26)25-15-14-20(24-25)17-6-4-3-5-7-17/h3-11,16H,12-15H2,1-2H3/t16-/m1/s1. The highest BCUT2D eigenvalue weighted by Gasteiger charge is 2.24. The van der Waals surface area contributed by atoms with Crippen molar-refractivity contribution in [3.63, 3.8) is 0 Å². The van der Waals surface area contributed by atoms with E-state index in [1.54, 1.807) is 31.4 Å². The van der Waals surface area contributed by atoms with Crippen LogP contribution in [0.2, 0.25) is 0 Å². The number of Topliss-reactive ketones (excluding diaryl/α,β-unsaturated/α-hetero) is 1. The molecule has 3 rings (SSSR count). The van der Waals surface area contributed by atoms with E-state index in [1.807, 2.05) is 30.3 Å². The maximum atomic E-state index is 12.4. The normalized spacial score (nSPS) is 14.1. The van der Waals surface area contributed by atoms with Gasteiger partial charge in [0.15, 0.2) is 6.10 Å². The molecule has 156 valence electrons. The first-order chi connectivity index (χ1) is 14.5. The first kappa shape index (κ1) is 21.2. The Hall–Kier alpha value is -3.48. The third-order valence-electron chi connectivity index (χ3n) is 4.79. The van der Waals surface area contributed by atoms with Crippen LogP contribution >= 0.6 is 0 Å². The molecule has 1 atom stereocenters. The van der Waals surface area contributed by atoms with Crippen LogP contribution in [-0.2, 0) is 14.3 Å². The zero-order valence-electron chi connectivity index (χ0n) is 17.0. The number of methoxy groups -OCH3 is 1. The van der Waals surface area contributed by atoms with Crippen molar-refractivity contribution in [1.29, 1.82) is 0 Å². The fourth-order valence-corrected chi connectivity index (χ4v) is 3.11. The highest BCUT2D eigenvalue weighted by molar-refractivity contribution is 6.03. The minimum atomic E-state index is -0.935. The molecule has 0 fully saturated rings. The van der Waals surface area contributed by atoms with Crippen molar-refractivity contribution in [2.45, 2.75) is 32.3 Å². The summed E-state index contributed by atoms with van der Waals surface area (Å²) in [6.45, 7) is 2.01. The van der Waals surface area contributed by atoms with Gasteiger partial charge in [0.25, 0.3) is 0 Å². The molecule has 2 aromatic carbocycles. The van der Waals surface area contributed by atoms with Gasteiger partial charge in [0, 0.05) is 18.4 Å². The van der Waals surface area contributed by atoms with Gasteiger partial charge in [0.05, 0.1) is 25.8 Å². The van der Waals surface area contributed by atoms with Crippen LogP contribution < -0.4 is 4.74 Å². The molecule has 2 aromatic rings. The number of benzene rings is 2. The lowest BCUT2D eigenvalue weighted by Gasteiger charge is -2.14. The summed E-state index contributed by atoms with van der Waals surface area (Å²) in [5.74, 6) is -0.514. The fourth-order valence-electron chi connectivity index (χ4n) is 3.11. The topological polar surface area (TPSA) is 85.3 Å². The summed E-state index contributed by atoms with van der Waals surface area (Å²) in [5, 5.41) is 5.75. The summed E-state index contributed by atoms with van der Waals surface area (Å²) in [7, 11) is 1.54. The van der Waals surface area contributed by atoms with Crippen LogP contribution in [-0.4, -0.2) is 48.1 Å². The summed E-state index contributed by atoms with van der Waals surface area (Å²) in [6.07, 6.45) is -0.386. The number of esters is 1. The Morgan fingerprint density at radius 2 is 1.73 bits per heavy atom. The van der Waals surface area contributed by atoms with Gasteiger partial charge in [-0.05, 0) is 36.8 Å². The van der Waals surface area contributed by atoms with Gasteiger partial charge in [0.1, 0.15) is 5.75 Å². The van der Waals surface area contributed by atoms with E-state index in [9.17, 15) is 14.4 Å². The molecule has 0 unspecified atom stereocenters. The van der Waals surface area contributed by atoms with E-state index >= 15 is 0 Å². The van der Waals surface area contributed by atoms with Crippen molar-refractivity contribution in [3.8, 4) is 5.75 Å². The lowest BCUT2D eigenvalue weighted by Crippen LogP contribution is -2.27. The number of amides is 1. The molecule has 7 nitrogen and oxygen atoms in total. The third-order valence-corrected chi connectivity index (χ3v) is 4.79. The van der Waals surface area contributed by atoms with Gasteiger partial charge < -0.3 is 9.47 Å². The number of ether oxygens (including phenoxy) is 2. The largest absolute Gasteiger partial charge is 0.497 e. The molecular weight excluding hydrogens is 384 g/mol. The smallest absolute Gasteiger partial charge is 0.307 e. The molecule has 0 bridgehead atoms. The second kappa shape index (κ2) is 9.82. The predicted octanol–water partition coefficient (Wildman–Crippen LogP) is 3.23. The molecule has 0 spiro atoms. The van der Waals surface area contributed by atoms with Crippen LogP contribution in [0.4, 0.5) is 0 Å². The molecule has 1 heterocycles. The van der Waals surface area contributed by atoms with Crippen molar-refractivity contribution in [2.24, 2.45) is 5.10 Å². The van der Waals surface area contributed by atoms with E-state index < -0.39 is 12.1 Å². The molecule has 0 saturated carbocycles. The average molecular weight is 408 g/mol. The van der Waals surface area contributed by atoms with Gasteiger partial charge in [-0.3, -0.25) is 14.4 Å². The Labute approximate surface area is 175 Å². The number of carbonyl (C=O) groups is 3. The van der Waals surface area contributed by atoms with E-state index in [2.05, 4.69) is 5.10 Å². The van der Waals surface area contributed by atoms with Gasteiger partial charge >= 0.3 is 5.97 Å². The molecule has 1 aliphatic rings. The van der Waals surface area contributed by atoms with Gasteiger partial charge in [-0.1, -0.05) is 30.3 Å². The van der Waals surface area contributed by atoms with Crippen molar-refractivity contribution in [3.05, 3.63) is 65.7 Å². The molecule has 7 heteroatoms. The Morgan fingerprint density at radius 3 is 2.40 bits per heavy atom. The molecule has 1 aliphatic heterocycles. The second-order valence-corrected chi connectivity index (χ2v) is 6.90. The molecule has 0 saturated heterocycles. The van der Waals surface area contributed by atoms with Crippen LogP contribution in [0.15, 0.2) is 59.7 Å². The number of hydrazone groups is 1. The minimum Gasteiger partial charge on any atom is -0.497 e. The summed E-state index contributed by atoms with van der Waals surface area (Å²) < 4.78 is 10.3. The highest BCUT2D eigenvalue weighted by atomic mass is 16.5. The van der Waals surface area contributed by atoms with E-state index in [0.717, 1.165) is 11.3 Å². The van der Waals surface area contributed by atoms with Crippen LogP contribution in [0.5, 0.6) is 5.75 Å². The van der Waals surface area contributed by atoms with Gasteiger partial charge in [-0.15, -0.1) is 0 Å². The SMILES string of the molecule is COc1ccc(C(=O)[C@@H](C)OC(=O)CCC(=O)N2CCC(c3ccccc3)=N2)cc1. The third kappa shape index (κ3) is 5.31. The average Bonchev–Trinajstić information content (AvgIpc) is 3.28. The molecular formula is C23H24N2O5. The zero-order chi connectivity index (χ0) is 21.5. The summed E-state index contributed by atoms with van der Waals surface area (Å²) in [6, 6.07) is 16.2. The quantitative estimate of drug-likeness (QED) is 0.495. The number of rotatable bonds is 8. The number of hydrogen-bond donors (Lipinski definition) is 0. The molecule has 1 amide bonds. The van der Waals surface area contributed by atoms with Gasteiger partial charge in [-0.2, -0.15) is 5.10 Å². The van der Waals surface area contributed by atoms with Gasteiger partial charge in [0.2, 0.25) is 11.7 Å². The van der Waals surface area contributed by atoms with Crippen molar-refractivity contribution >= 4 is 23.4 Å². The maximum Gasteiger partial charge on any atom is 0.307 e. The molecule has 0 aromatic heterocycles. The summed E-state index contributed by atoms with van der Waals surface area (Å²) in [4.78, 5) is 36.8. The second-order valence-electron chi connectivity index (χ2n) is 6.90. The number of ketones is 1.